The molecule has 1 atom stereocenters. The van der Waals surface area contributed by atoms with Gasteiger partial charge in [0.1, 0.15) is 12.7 Å². The van der Waals surface area contributed by atoms with Crippen LogP contribution in [-0.4, -0.2) is 29.8 Å². The number of hydrogen-bond donors (Lipinski definition) is 2. The second-order valence-corrected chi connectivity index (χ2v) is 1.75. The summed E-state index contributed by atoms with van der Waals surface area (Å²) in [5.74, 6) is 0.0350. The molecule has 3 N–H and O–H groups in total. The lowest BCUT2D eigenvalue weighted by Gasteiger charge is -2.04. The second-order valence-electron chi connectivity index (χ2n) is 1.44. The Morgan fingerprint density at radius 1 is 1.89 bits per heavy atom. The lowest BCUT2D eigenvalue weighted by molar-refractivity contribution is 0.0851. The molecule has 0 fully saturated rings. The minimum atomic E-state index is -0.904. The van der Waals surface area contributed by atoms with E-state index in [9.17, 15) is 4.79 Å². The van der Waals surface area contributed by atoms with E-state index in [1.54, 1.807) is 0 Å². The van der Waals surface area contributed by atoms with E-state index in [2.05, 4.69) is 10.5 Å². The average Bonchev–Trinajstić information content (AvgIpc) is 1.83. The van der Waals surface area contributed by atoms with Crippen molar-refractivity contribution in [3.63, 3.8) is 0 Å². The number of rotatable bonds is 3. The molecule has 0 saturated heterocycles. The van der Waals surface area contributed by atoms with Gasteiger partial charge in [-0.25, -0.2) is 4.79 Å². The van der Waals surface area contributed by atoms with Crippen molar-refractivity contribution < 1.29 is 14.6 Å². The monoisotopic (exact) mass is 153 g/mol. The number of aliphatic hydroxyl groups is 1. The van der Waals surface area contributed by atoms with Gasteiger partial charge in [-0.3, -0.25) is 0 Å². The molecule has 0 saturated carbocycles. The predicted octanol–water partition coefficient (Wildman–Crippen LogP) is -0.319. The molecule has 4 nitrogen and oxygen atoms in total. The van der Waals surface area contributed by atoms with E-state index in [0.29, 0.717) is 0 Å². The second kappa shape index (κ2) is 4.40. The molecule has 0 aliphatic carbocycles. The summed E-state index contributed by atoms with van der Waals surface area (Å²) in [7, 11) is 0. The zero-order valence-corrected chi connectivity index (χ0v) is 5.47. The number of nitrogens with two attached hydrogens (primary N) is 1. The molecule has 0 aromatic heterocycles. The predicted molar refractivity (Wildman–Crippen MR) is 32.3 cm³/mol. The van der Waals surface area contributed by atoms with E-state index in [4.69, 9.17) is 16.7 Å². The number of hydrogen-bond acceptors (Lipinski definition) is 3. The van der Waals surface area contributed by atoms with Crippen molar-refractivity contribution in [3.8, 4) is 0 Å². The van der Waals surface area contributed by atoms with Gasteiger partial charge >= 0.3 is 6.09 Å². The van der Waals surface area contributed by atoms with Gasteiger partial charge in [0, 0.05) is 0 Å². The van der Waals surface area contributed by atoms with Crippen LogP contribution in [0.2, 0.25) is 0 Å². The summed E-state index contributed by atoms with van der Waals surface area (Å²) < 4.78 is 4.20. The molecular weight excluding hydrogens is 146 g/mol. The first-order valence-corrected chi connectivity index (χ1v) is 2.86. The molecule has 0 aliphatic rings. The highest BCUT2D eigenvalue weighted by Crippen LogP contribution is 1.87. The number of ether oxygens (including phenoxy) is 1. The van der Waals surface area contributed by atoms with E-state index >= 15 is 0 Å². The van der Waals surface area contributed by atoms with Gasteiger partial charge in [0.15, 0.2) is 0 Å². The van der Waals surface area contributed by atoms with E-state index in [1.165, 1.54) is 0 Å². The summed E-state index contributed by atoms with van der Waals surface area (Å²) in [6.07, 6.45) is -1.72. The number of primary amides is 1. The highest BCUT2D eigenvalue weighted by atomic mass is 35.5. The third kappa shape index (κ3) is 5.39. The largest absolute Gasteiger partial charge is 0.447 e. The molecule has 0 spiro atoms. The van der Waals surface area contributed by atoms with E-state index < -0.39 is 12.2 Å². The standard InChI is InChI=1S/C4H8ClNO3/c5-1-3(7)2-9-4(6)8/h3,7H,1-2H2,(H2,6,8). The van der Waals surface area contributed by atoms with Crippen LogP contribution in [0.25, 0.3) is 0 Å². The van der Waals surface area contributed by atoms with E-state index in [1.807, 2.05) is 0 Å². The first kappa shape index (κ1) is 8.52. The number of aliphatic hydroxyl groups excluding tert-OH is 1. The van der Waals surface area contributed by atoms with Crippen molar-refractivity contribution in [2.75, 3.05) is 12.5 Å². The van der Waals surface area contributed by atoms with Crippen LogP contribution < -0.4 is 5.73 Å². The van der Waals surface area contributed by atoms with Gasteiger partial charge in [-0.2, -0.15) is 0 Å². The van der Waals surface area contributed by atoms with Crippen molar-refractivity contribution >= 4 is 17.7 Å². The van der Waals surface area contributed by atoms with Crippen LogP contribution in [0.3, 0.4) is 0 Å². The highest BCUT2D eigenvalue weighted by molar-refractivity contribution is 6.18. The summed E-state index contributed by atoms with van der Waals surface area (Å²) in [4.78, 5) is 9.87. The van der Waals surface area contributed by atoms with Crippen molar-refractivity contribution in [2.45, 2.75) is 6.10 Å². The van der Waals surface area contributed by atoms with Gasteiger partial charge in [0.05, 0.1) is 5.88 Å². The third-order valence-electron chi connectivity index (χ3n) is 0.596. The normalized spacial score (nSPS) is 12.7. The SMILES string of the molecule is NC(=O)OCC(O)CCl. The zero-order chi connectivity index (χ0) is 7.28. The van der Waals surface area contributed by atoms with Crippen molar-refractivity contribution in [2.24, 2.45) is 5.73 Å². The maximum Gasteiger partial charge on any atom is 0.404 e. The Labute approximate surface area is 57.5 Å². The van der Waals surface area contributed by atoms with Crippen molar-refractivity contribution in [1.29, 1.82) is 0 Å². The molecule has 1 amide bonds. The van der Waals surface area contributed by atoms with Crippen LogP contribution in [0.4, 0.5) is 4.79 Å². The number of carbonyl (C=O) groups is 1. The first-order chi connectivity index (χ1) is 4.16. The van der Waals surface area contributed by atoms with Crippen molar-refractivity contribution in [1.82, 2.24) is 0 Å². The van der Waals surface area contributed by atoms with E-state index in [-0.39, 0.29) is 12.5 Å². The van der Waals surface area contributed by atoms with Crippen LogP contribution in [-0.2, 0) is 4.74 Å². The molecule has 0 bridgehead atoms. The minimum absolute atomic E-state index is 0.0350. The maximum absolute atomic E-state index is 9.87. The Morgan fingerprint density at radius 2 is 2.44 bits per heavy atom. The van der Waals surface area contributed by atoms with Crippen LogP contribution in [0.15, 0.2) is 0 Å². The zero-order valence-electron chi connectivity index (χ0n) is 4.71. The lowest BCUT2D eigenvalue weighted by Crippen LogP contribution is -2.22. The van der Waals surface area contributed by atoms with Crippen LogP contribution >= 0.6 is 11.6 Å². The summed E-state index contributed by atoms with van der Waals surface area (Å²) in [5.41, 5.74) is 4.58. The average molecular weight is 154 g/mol. The minimum Gasteiger partial charge on any atom is -0.447 e. The van der Waals surface area contributed by atoms with Gasteiger partial charge < -0.3 is 15.6 Å². The molecule has 0 aliphatic heterocycles. The van der Waals surface area contributed by atoms with Crippen LogP contribution in [0.1, 0.15) is 0 Å². The van der Waals surface area contributed by atoms with E-state index in [0.717, 1.165) is 0 Å². The molecule has 0 aromatic carbocycles. The van der Waals surface area contributed by atoms with Gasteiger partial charge in [-0.15, -0.1) is 11.6 Å². The summed E-state index contributed by atoms with van der Waals surface area (Å²) in [6.45, 7) is -0.140. The fraction of sp³-hybridized carbons (Fsp3) is 0.750. The van der Waals surface area contributed by atoms with Gasteiger partial charge in [-0.05, 0) is 0 Å². The Kier molecular flexibility index (Phi) is 4.17. The Morgan fingerprint density at radius 3 is 2.78 bits per heavy atom. The molecule has 0 aromatic rings. The third-order valence-corrected chi connectivity index (χ3v) is 0.952. The van der Waals surface area contributed by atoms with Crippen LogP contribution in [0, 0.1) is 0 Å². The Hall–Kier alpha value is -0.480. The Balaban J connectivity index is 3.16. The van der Waals surface area contributed by atoms with Gasteiger partial charge in [-0.1, -0.05) is 0 Å². The lowest BCUT2D eigenvalue weighted by atomic mass is 10.4. The summed E-state index contributed by atoms with van der Waals surface area (Å²) >= 11 is 5.15. The summed E-state index contributed by atoms with van der Waals surface area (Å²) in [6, 6.07) is 0. The molecule has 1 unspecified atom stereocenters. The number of alkyl halides is 1. The molecule has 0 rings (SSSR count). The number of halogens is 1. The first-order valence-electron chi connectivity index (χ1n) is 2.33. The quantitative estimate of drug-likeness (QED) is 0.546. The number of amides is 1. The topological polar surface area (TPSA) is 72.6 Å². The summed E-state index contributed by atoms with van der Waals surface area (Å²) in [5, 5.41) is 8.64. The molecular formula is C4H8ClNO3. The molecule has 0 heterocycles. The van der Waals surface area contributed by atoms with Gasteiger partial charge in [0.2, 0.25) is 0 Å². The maximum atomic E-state index is 9.87. The Bertz CT molecular complexity index is 97.8. The van der Waals surface area contributed by atoms with Crippen LogP contribution in [0.5, 0.6) is 0 Å². The van der Waals surface area contributed by atoms with Crippen molar-refractivity contribution in [3.05, 3.63) is 0 Å². The fourth-order valence-electron chi connectivity index (χ4n) is 0.223. The number of carbonyl (C=O) groups excluding carboxylic acids is 1. The molecule has 9 heavy (non-hydrogen) atoms. The molecule has 54 valence electrons. The molecule has 0 radical (unpaired) electrons. The van der Waals surface area contributed by atoms with Gasteiger partial charge in [0.25, 0.3) is 0 Å². The molecule has 5 heteroatoms. The fourth-order valence-corrected chi connectivity index (χ4v) is 0.312. The highest BCUT2D eigenvalue weighted by Gasteiger charge is 2.02. The smallest absolute Gasteiger partial charge is 0.404 e.